The largest absolute Gasteiger partial charge is 0.399 e. The van der Waals surface area contributed by atoms with Crippen molar-refractivity contribution in [2.75, 3.05) is 25.4 Å². The zero-order valence-electron chi connectivity index (χ0n) is 11.1. The van der Waals surface area contributed by atoms with Crippen LogP contribution in [0.5, 0.6) is 0 Å². The fraction of sp³-hybridized carbons (Fsp3) is 0.417. The number of hydrogen-bond acceptors (Lipinski definition) is 4. The first-order valence-corrected chi connectivity index (χ1v) is 7.81. The van der Waals surface area contributed by atoms with E-state index in [9.17, 15) is 22.0 Å². The number of carbonyl (C=O) groups excluding carboxylic acids is 1. The molecule has 1 aromatic rings. The molecule has 1 amide bonds. The third-order valence-corrected chi connectivity index (χ3v) is 4.61. The second-order valence-corrected chi connectivity index (χ2v) is 6.43. The third-order valence-electron chi connectivity index (χ3n) is 3.16. The first kappa shape index (κ1) is 15.6. The van der Waals surface area contributed by atoms with E-state index in [1.165, 1.54) is 4.90 Å². The normalized spacial score (nSPS) is 15.4. The Balaban J connectivity index is 2.13. The fourth-order valence-corrected chi connectivity index (χ4v) is 3.23. The van der Waals surface area contributed by atoms with Crippen LogP contribution in [-0.2, 0) is 14.8 Å². The Morgan fingerprint density at radius 1 is 1.24 bits per heavy atom. The van der Waals surface area contributed by atoms with E-state index >= 15 is 0 Å². The van der Waals surface area contributed by atoms with Gasteiger partial charge in [0.1, 0.15) is 11.6 Å². The van der Waals surface area contributed by atoms with Gasteiger partial charge in [-0.3, -0.25) is 4.79 Å². The molecule has 0 aromatic heterocycles. The van der Waals surface area contributed by atoms with Gasteiger partial charge in [0.25, 0.3) is 0 Å². The van der Waals surface area contributed by atoms with Gasteiger partial charge in [0.05, 0.1) is 6.54 Å². The molecule has 0 aliphatic carbocycles. The van der Waals surface area contributed by atoms with Crippen LogP contribution in [0.1, 0.15) is 12.8 Å². The van der Waals surface area contributed by atoms with E-state index in [-0.39, 0.29) is 5.69 Å². The van der Waals surface area contributed by atoms with Gasteiger partial charge in [-0.1, -0.05) is 0 Å². The molecule has 1 saturated heterocycles. The van der Waals surface area contributed by atoms with Gasteiger partial charge in [0.15, 0.2) is 4.90 Å². The number of sulfonamides is 1. The minimum absolute atomic E-state index is 0.225. The number of nitrogens with zero attached hydrogens (tertiary/aromatic N) is 1. The van der Waals surface area contributed by atoms with Gasteiger partial charge in [-0.15, -0.1) is 0 Å². The van der Waals surface area contributed by atoms with Crippen LogP contribution in [0.4, 0.5) is 14.5 Å². The number of halogens is 2. The number of anilines is 1. The van der Waals surface area contributed by atoms with Crippen molar-refractivity contribution in [1.29, 1.82) is 0 Å². The zero-order chi connectivity index (χ0) is 15.6. The fourth-order valence-electron chi connectivity index (χ4n) is 2.14. The molecule has 1 aromatic carbocycles. The molecule has 1 aliphatic heterocycles. The highest BCUT2D eigenvalue weighted by Gasteiger charge is 2.26. The van der Waals surface area contributed by atoms with Crippen LogP contribution in [-0.4, -0.2) is 38.9 Å². The highest BCUT2D eigenvalue weighted by molar-refractivity contribution is 7.89. The van der Waals surface area contributed by atoms with E-state index in [0.717, 1.165) is 12.8 Å². The van der Waals surface area contributed by atoms with Gasteiger partial charge in [0.2, 0.25) is 15.9 Å². The molecule has 1 fully saturated rings. The van der Waals surface area contributed by atoms with E-state index in [2.05, 4.69) is 0 Å². The van der Waals surface area contributed by atoms with E-state index in [4.69, 9.17) is 5.73 Å². The van der Waals surface area contributed by atoms with Crippen molar-refractivity contribution in [3.05, 3.63) is 23.8 Å². The van der Waals surface area contributed by atoms with Crippen LogP contribution in [0.15, 0.2) is 17.0 Å². The Morgan fingerprint density at radius 2 is 1.76 bits per heavy atom. The maximum absolute atomic E-state index is 13.6. The maximum atomic E-state index is 13.6. The number of amides is 1. The van der Waals surface area contributed by atoms with Crippen molar-refractivity contribution in [2.24, 2.45) is 0 Å². The van der Waals surface area contributed by atoms with Crippen molar-refractivity contribution in [1.82, 2.24) is 9.62 Å². The molecule has 0 spiro atoms. The molecule has 1 aliphatic rings. The summed E-state index contributed by atoms with van der Waals surface area (Å²) in [5, 5.41) is 0. The van der Waals surface area contributed by atoms with Crippen molar-refractivity contribution in [2.45, 2.75) is 17.7 Å². The number of nitrogens with one attached hydrogen (secondary N) is 1. The standard InChI is InChI=1S/C12H15F2N3O3S/c13-9-5-8(15)6-10(14)12(9)21(19,20)16-7-11(18)17-3-1-2-4-17/h5-6,16H,1-4,7,15H2. The van der Waals surface area contributed by atoms with Crippen LogP contribution >= 0.6 is 0 Å². The lowest BCUT2D eigenvalue weighted by atomic mass is 10.3. The summed E-state index contributed by atoms with van der Waals surface area (Å²) in [5.41, 5.74) is 5.00. The van der Waals surface area contributed by atoms with Crippen LogP contribution < -0.4 is 10.5 Å². The molecule has 2 rings (SSSR count). The smallest absolute Gasteiger partial charge is 0.246 e. The summed E-state index contributed by atoms with van der Waals surface area (Å²) in [6.45, 7) is 0.585. The molecule has 116 valence electrons. The SMILES string of the molecule is Nc1cc(F)c(S(=O)(=O)NCC(=O)N2CCCC2)c(F)c1. The molecule has 9 heteroatoms. The highest BCUT2D eigenvalue weighted by Crippen LogP contribution is 2.21. The summed E-state index contributed by atoms with van der Waals surface area (Å²) < 4.78 is 52.9. The summed E-state index contributed by atoms with van der Waals surface area (Å²) in [4.78, 5) is 12.1. The van der Waals surface area contributed by atoms with Crippen LogP contribution in [0.2, 0.25) is 0 Å². The van der Waals surface area contributed by atoms with Gasteiger partial charge in [0, 0.05) is 18.8 Å². The number of rotatable bonds is 4. The second kappa shape index (κ2) is 5.94. The van der Waals surface area contributed by atoms with E-state index in [1.807, 2.05) is 4.72 Å². The number of benzene rings is 1. The summed E-state index contributed by atoms with van der Waals surface area (Å²) in [6, 6.07) is 1.42. The maximum Gasteiger partial charge on any atom is 0.246 e. The van der Waals surface area contributed by atoms with Crippen molar-refractivity contribution in [3.8, 4) is 0 Å². The number of nitrogens with two attached hydrogens (primary N) is 1. The lowest BCUT2D eigenvalue weighted by Crippen LogP contribution is -2.39. The molecule has 0 atom stereocenters. The van der Waals surface area contributed by atoms with Gasteiger partial charge >= 0.3 is 0 Å². The number of hydrogen-bond donors (Lipinski definition) is 2. The number of carbonyl (C=O) groups is 1. The minimum Gasteiger partial charge on any atom is -0.399 e. The van der Waals surface area contributed by atoms with Gasteiger partial charge < -0.3 is 10.6 Å². The van der Waals surface area contributed by atoms with Crippen molar-refractivity contribution < 1.29 is 22.0 Å². The molecule has 0 saturated carbocycles. The van der Waals surface area contributed by atoms with Crippen molar-refractivity contribution in [3.63, 3.8) is 0 Å². The molecule has 3 N–H and O–H groups in total. The molecular weight excluding hydrogens is 304 g/mol. The average molecular weight is 319 g/mol. The predicted molar refractivity (Wildman–Crippen MR) is 71.8 cm³/mol. The Kier molecular flexibility index (Phi) is 4.43. The quantitative estimate of drug-likeness (QED) is 0.788. The van der Waals surface area contributed by atoms with E-state index < -0.39 is 39.0 Å². The molecule has 1 heterocycles. The van der Waals surface area contributed by atoms with Gasteiger partial charge in [-0.25, -0.2) is 21.9 Å². The molecule has 0 unspecified atom stereocenters. The monoisotopic (exact) mass is 319 g/mol. The molecular formula is C12H15F2N3O3S. The zero-order valence-corrected chi connectivity index (χ0v) is 11.9. The highest BCUT2D eigenvalue weighted by atomic mass is 32.2. The van der Waals surface area contributed by atoms with Crippen molar-refractivity contribution >= 4 is 21.6 Å². The molecule has 0 radical (unpaired) electrons. The summed E-state index contributed by atoms with van der Waals surface area (Å²) in [6.07, 6.45) is 1.72. The number of likely N-dealkylation sites (tertiary alicyclic amines) is 1. The predicted octanol–water partition coefficient (Wildman–Crippen LogP) is 0.448. The van der Waals surface area contributed by atoms with Crippen LogP contribution in [0.3, 0.4) is 0 Å². The lowest BCUT2D eigenvalue weighted by molar-refractivity contribution is -0.128. The molecule has 0 bridgehead atoms. The average Bonchev–Trinajstić information content (AvgIpc) is 2.88. The first-order valence-electron chi connectivity index (χ1n) is 6.33. The number of nitrogen functional groups attached to an aromatic ring is 1. The van der Waals surface area contributed by atoms with E-state index in [1.54, 1.807) is 0 Å². The minimum atomic E-state index is -4.47. The molecule has 6 nitrogen and oxygen atoms in total. The Labute approximate surface area is 121 Å². The van der Waals surface area contributed by atoms with Gasteiger partial charge in [-0.05, 0) is 25.0 Å². The topological polar surface area (TPSA) is 92.5 Å². The Morgan fingerprint density at radius 3 is 2.29 bits per heavy atom. The van der Waals surface area contributed by atoms with Crippen LogP contribution in [0, 0.1) is 11.6 Å². The Bertz CT molecular complexity index is 635. The Hall–Kier alpha value is -1.74. The summed E-state index contributed by atoms with van der Waals surface area (Å²) in [7, 11) is -4.47. The third kappa shape index (κ3) is 3.48. The van der Waals surface area contributed by atoms with E-state index in [0.29, 0.717) is 25.2 Å². The van der Waals surface area contributed by atoms with Gasteiger partial charge in [-0.2, -0.15) is 0 Å². The first-order chi connectivity index (χ1) is 9.81. The summed E-state index contributed by atoms with van der Waals surface area (Å²) in [5.74, 6) is -3.02. The molecule has 21 heavy (non-hydrogen) atoms. The second-order valence-electron chi connectivity index (χ2n) is 4.73. The lowest BCUT2D eigenvalue weighted by Gasteiger charge is -2.16. The van der Waals surface area contributed by atoms with Crippen LogP contribution in [0.25, 0.3) is 0 Å². The summed E-state index contributed by atoms with van der Waals surface area (Å²) >= 11 is 0.